The molecule has 192 valence electrons. The largest absolute Gasteiger partial charge is 0.493 e. The van der Waals surface area contributed by atoms with Gasteiger partial charge in [0.1, 0.15) is 29.6 Å². The smallest absolute Gasteiger partial charge is 0.303 e. The monoisotopic (exact) mass is 496 g/mol. The van der Waals surface area contributed by atoms with Gasteiger partial charge in [0.05, 0.1) is 12.2 Å². The number of hydrogen-bond donors (Lipinski definition) is 5. The van der Waals surface area contributed by atoms with E-state index < -0.39 is 11.5 Å². The summed E-state index contributed by atoms with van der Waals surface area (Å²) >= 11 is 0. The number of hydrazine groups is 1. The van der Waals surface area contributed by atoms with Crippen molar-refractivity contribution in [1.29, 1.82) is 0 Å². The van der Waals surface area contributed by atoms with Crippen LogP contribution in [0.3, 0.4) is 0 Å². The van der Waals surface area contributed by atoms with Crippen molar-refractivity contribution in [3.05, 3.63) is 52.3 Å². The van der Waals surface area contributed by atoms with Crippen molar-refractivity contribution in [3.8, 4) is 34.0 Å². The van der Waals surface area contributed by atoms with E-state index in [0.717, 1.165) is 23.2 Å². The highest BCUT2D eigenvalue weighted by Crippen LogP contribution is 2.35. The van der Waals surface area contributed by atoms with Crippen LogP contribution in [0.2, 0.25) is 0 Å². The standard InChI is InChI=1S/C25H32N6O5/c1-4-35-20-14-16(6-7-19(20)23-28-24(30-27)22(26)25(34)29-23)17-11-15(5-8-21(32)33)12-18(13-17)36-10-9-31(2)3/h6-7,11-14H,4-5,8-10,26-27H2,1-3H3,(H,32,33)(H2,28,29,30,34). The molecule has 3 aromatic rings. The average molecular weight is 497 g/mol. The number of H-pyrrole nitrogens is 1. The summed E-state index contributed by atoms with van der Waals surface area (Å²) < 4.78 is 11.8. The Kier molecular flexibility index (Phi) is 8.87. The number of nitrogen functional groups attached to an aromatic ring is 2. The van der Waals surface area contributed by atoms with Crippen LogP contribution in [0.15, 0.2) is 41.2 Å². The number of nitrogens with zero attached hydrogens (tertiary/aromatic N) is 2. The van der Waals surface area contributed by atoms with Gasteiger partial charge in [-0.05, 0) is 68.4 Å². The molecule has 1 heterocycles. The molecule has 0 aliphatic heterocycles. The third-order valence-corrected chi connectivity index (χ3v) is 5.36. The molecular weight excluding hydrogens is 464 g/mol. The first-order valence-electron chi connectivity index (χ1n) is 11.5. The Hall–Kier alpha value is -4.09. The van der Waals surface area contributed by atoms with E-state index in [-0.39, 0.29) is 23.8 Å². The maximum Gasteiger partial charge on any atom is 0.303 e. The summed E-state index contributed by atoms with van der Waals surface area (Å²) in [7, 11) is 3.93. The Bertz CT molecular complexity index is 1270. The normalized spacial score (nSPS) is 10.9. The quantitative estimate of drug-likeness (QED) is 0.185. The number of likely N-dealkylation sites (N-methyl/N-ethyl adjacent to an activating group) is 1. The van der Waals surface area contributed by atoms with Gasteiger partial charge in [0.25, 0.3) is 5.56 Å². The second kappa shape index (κ2) is 12.0. The van der Waals surface area contributed by atoms with Crippen molar-refractivity contribution in [2.24, 2.45) is 5.84 Å². The lowest BCUT2D eigenvalue weighted by Gasteiger charge is -2.16. The predicted octanol–water partition coefficient (Wildman–Crippen LogP) is 2.33. The first-order chi connectivity index (χ1) is 17.2. The van der Waals surface area contributed by atoms with Gasteiger partial charge in [0.2, 0.25) is 0 Å². The summed E-state index contributed by atoms with van der Waals surface area (Å²) in [5, 5.41) is 9.14. The van der Waals surface area contributed by atoms with Gasteiger partial charge in [-0.15, -0.1) is 0 Å². The predicted molar refractivity (Wildman–Crippen MR) is 139 cm³/mol. The first kappa shape index (κ1) is 26.5. The first-order valence-corrected chi connectivity index (χ1v) is 11.5. The number of aryl methyl sites for hydroxylation is 1. The number of carbonyl (C=O) groups is 1. The number of rotatable bonds is 12. The van der Waals surface area contributed by atoms with E-state index in [1.54, 1.807) is 6.07 Å². The minimum atomic E-state index is -0.866. The molecule has 3 rings (SSSR count). The summed E-state index contributed by atoms with van der Waals surface area (Å²) in [4.78, 5) is 32.4. The fourth-order valence-electron chi connectivity index (χ4n) is 3.54. The van der Waals surface area contributed by atoms with Gasteiger partial charge in [0.15, 0.2) is 5.82 Å². The number of aromatic nitrogens is 2. The zero-order chi connectivity index (χ0) is 26.2. The SMILES string of the molecule is CCOc1cc(-c2cc(CCC(=O)O)cc(OCCN(C)C)c2)ccc1-c1nc(NN)c(N)c(=O)[nH]1. The molecule has 36 heavy (non-hydrogen) atoms. The molecule has 0 atom stereocenters. The second-order valence-corrected chi connectivity index (χ2v) is 8.38. The molecule has 11 nitrogen and oxygen atoms in total. The topological polar surface area (TPSA) is 169 Å². The zero-order valence-electron chi connectivity index (χ0n) is 20.6. The van der Waals surface area contributed by atoms with Crippen LogP contribution in [0.5, 0.6) is 11.5 Å². The third kappa shape index (κ3) is 6.74. The van der Waals surface area contributed by atoms with Gasteiger partial charge in [-0.3, -0.25) is 9.59 Å². The highest BCUT2D eigenvalue weighted by molar-refractivity contribution is 5.76. The molecule has 0 bridgehead atoms. The number of hydrogen-bond acceptors (Lipinski definition) is 9. The minimum absolute atomic E-state index is 0.0113. The zero-order valence-corrected chi connectivity index (χ0v) is 20.6. The number of aliphatic carboxylic acids is 1. The molecule has 0 aliphatic rings. The number of nitrogens with two attached hydrogens (primary N) is 2. The minimum Gasteiger partial charge on any atom is -0.493 e. The van der Waals surface area contributed by atoms with Crippen LogP contribution < -0.4 is 32.0 Å². The highest BCUT2D eigenvalue weighted by Gasteiger charge is 2.15. The van der Waals surface area contributed by atoms with Crippen LogP contribution in [0.4, 0.5) is 11.5 Å². The van der Waals surface area contributed by atoms with Crippen molar-refractivity contribution >= 4 is 17.5 Å². The molecule has 2 aromatic carbocycles. The van der Waals surface area contributed by atoms with Gasteiger partial charge in [-0.1, -0.05) is 12.1 Å². The van der Waals surface area contributed by atoms with Gasteiger partial charge < -0.3 is 35.6 Å². The lowest BCUT2D eigenvalue weighted by atomic mass is 9.98. The lowest BCUT2D eigenvalue weighted by Crippen LogP contribution is -2.20. The van der Waals surface area contributed by atoms with Crippen LogP contribution >= 0.6 is 0 Å². The van der Waals surface area contributed by atoms with Crippen LogP contribution in [0, 0.1) is 0 Å². The van der Waals surface area contributed by atoms with E-state index in [1.165, 1.54) is 0 Å². The number of anilines is 2. The van der Waals surface area contributed by atoms with Crippen LogP contribution in [0.1, 0.15) is 18.9 Å². The van der Waals surface area contributed by atoms with Crippen molar-refractivity contribution in [3.63, 3.8) is 0 Å². The van der Waals surface area contributed by atoms with Crippen molar-refractivity contribution in [1.82, 2.24) is 14.9 Å². The van der Waals surface area contributed by atoms with Crippen LogP contribution in [-0.4, -0.2) is 59.8 Å². The molecule has 1 aromatic heterocycles. The molecule has 0 aliphatic carbocycles. The van der Waals surface area contributed by atoms with Gasteiger partial charge in [-0.2, -0.15) is 0 Å². The van der Waals surface area contributed by atoms with Gasteiger partial charge in [0, 0.05) is 13.0 Å². The molecule has 0 spiro atoms. The third-order valence-electron chi connectivity index (χ3n) is 5.36. The molecular formula is C25H32N6O5. The van der Waals surface area contributed by atoms with Crippen molar-refractivity contribution < 1.29 is 19.4 Å². The molecule has 0 unspecified atom stereocenters. The summed E-state index contributed by atoms with van der Waals surface area (Å²) in [6.45, 7) is 3.47. The summed E-state index contributed by atoms with van der Waals surface area (Å²) in [6.07, 6.45) is 0.381. The fourth-order valence-corrected chi connectivity index (χ4v) is 3.54. The van der Waals surface area contributed by atoms with Crippen molar-refractivity contribution in [2.75, 3.05) is 45.0 Å². The Balaban J connectivity index is 2.04. The Labute approximate surface area is 209 Å². The molecule has 0 saturated heterocycles. The van der Waals surface area contributed by atoms with Gasteiger partial charge in [-0.25, -0.2) is 10.8 Å². The molecule has 7 N–H and O–H groups in total. The highest BCUT2D eigenvalue weighted by atomic mass is 16.5. The van der Waals surface area contributed by atoms with Crippen LogP contribution in [-0.2, 0) is 11.2 Å². The van der Waals surface area contributed by atoms with E-state index in [9.17, 15) is 9.59 Å². The Morgan fingerprint density at radius 1 is 1.17 bits per heavy atom. The Morgan fingerprint density at radius 2 is 1.94 bits per heavy atom. The van der Waals surface area contributed by atoms with Crippen LogP contribution in [0.25, 0.3) is 22.5 Å². The number of carboxylic acids is 1. The molecule has 0 fully saturated rings. The number of benzene rings is 2. The van der Waals surface area contributed by atoms with E-state index >= 15 is 0 Å². The molecule has 0 radical (unpaired) electrons. The van der Waals surface area contributed by atoms with Crippen molar-refractivity contribution in [2.45, 2.75) is 19.8 Å². The number of nitrogens with one attached hydrogen (secondary N) is 2. The maximum atomic E-state index is 12.2. The van der Waals surface area contributed by atoms with E-state index in [2.05, 4.69) is 15.4 Å². The van der Waals surface area contributed by atoms with E-state index in [4.69, 9.17) is 26.2 Å². The summed E-state index contributed by atoms with van der Waals surface area (Å²) in [6, 6.07) is 11.2. The second-order valence-electron chi connectivity index (χ2n) is 8.38. The number of ether oxygens (including phenoxy) is 2. The molecule has 11 heteroatoms. The van der Waals surface area contributed by atoms with Gasteiger partial charge >= 0.3 is 5.97 Å². The Morgan fingerprint density at radius 3 is 2.61 bits per heavy atom. The fraction of sp³-hybridized carbons (Fsp3) is 0.320. The molecule has 0 saturated carbocycles. The summed E-state index contributed by atoms with van der Waals surface area (Å²) in [5.74, 6) is 6.05. The average Bonchev–Trinajstić information content (AvgIpc) is 2.84. The number of aromatic amines is 1. The molecule has 0 amide bonds. The van der Waals surface area contributed by atoms with E-state index in [1.807, 2.05) is 56.3 Å². The number of carboxylic acid groups (broad SMARTS) is 1. The summed E-state index contributed by atoms with van der Waals surface area (Å²) in [5.41, 5.74) is 10.5. The lowest BCUT2D eigenvalue weighted by molar-refractivity contribution is -0.136. The van der Waals surface area contributed by atoms with E-state index in [0.29, 0.717) is 36.7 Å². The maximum absolute atomic E-state index is 12.2.